The molecule has 0 unspecified atom stereocenters. The third-order valence-corrected chi connectivity index (χ3v) is 4.98. The molecule has 1 aliphatic heterocycles. The molecule has 2 saturated carbocycles. The van der Waals surface area contributed by atoms with Gasteiger partial charge in [-0.1, -0.05) is 0 Å². The van der Waals surface area contributed by atoms with Gasteiger partial charge in [-0.2, -0.15) is 0 Å². The Morgan fingerprint density at radius 3 is 2.73 bits per heavy atom. The van der Waals surface area contributed by atoms with Crippen molar-refractivity contribution in [2.75, 3.05) is 18.4 Å². The minimum atomic E-state index is -0.279. The fourth-order valence-electron chi connectivity index (χ4n) is 3.34. The third-order valence-electron chi connectivity index (χ3n) is 4.98. The molecule has 0 spiro atoms. The van der Waals surface area contributed by atoms with Gasteiger partial charge >= 0.3 is 0 Å². The van der Waals surface area contributed by atoms with Gasteiger partial charge in [0.15, 0.2) is 0 Å². The van der Waals surface area contributed by atoms with Crippen molar-refractivity contribution >= 4 is 11.7 Å². The lowest BCUT2D eigenvalue weighted by Gasteiger charge is -2.34. The van der Waals surface area contributed by atoms with Crippen molar-refractivity contribution in [3.05, 3.63) is 17.6 Å². The molecular weight excluding hydrogens is 280 g/mol. The third kappa shape index (κ3) is 2.67. The number of carbonyl (C=O) groups is 1. The normalized spacial score (nSPS) is 27.6. The highest BCUT2D eigenvalue weighted by Crippen LogP contribution is 2.31. The van der Waals surface area contributed by atoms with Crippen LogP contribution in [0.5, 0.6) is 0 Å². The molecule has 1 aromatic heterocycles. The van der Waals surface area contributed by atoms with Crippen molar-refractivity contribution in [2.45, 2.75) is 50.7 Å². The minimum Gasteiger partial charge on any atom is -0.393 e. The van der Waals surface area contributed by atoms with Gasteiger partial charge in [-0.25, -0.2) is 9.97 Å². The number of nitrogens with one attached hydrogen (secondary N) is 1. The Morgan fingerprint density at radius 1 is 1.23 bits per heavy atom. The Balaban J connectivity index is 1.46. The van der Waals surface area contributed by atoms with Gasteiger partial charge in [0.25, 0.3) is 0 Å². The quantitative estimate of drug-likeness (QED) is 0.861. The zero-order chi connectivity index (χ0) is 15.1. The van der Waals surface area contributed by atoms with Crippen LogP contribution in [0, 0.1) is 5.92 Å². The maximum atomic E-state index is 12.5. The summed E-state index contributed by atoms with van der Waals surface area (Å²) in [4.78, 5) is 23.2. The van der Waals surface area contributed by atoms with E-state index in [1.807, 2.05) is 4.90 Å². The fraction of sp³-hybridized carbons (Fsp3) is 0.688. The van der Waals surface area contributed by atoms with E-state index >= 15 is 0 Å². The highest BCUT2D eigenvalue weighted by molar-refractivity contribution is 5.80. The minimum absolute atomic E-state index is 0.0198. The molecule has 6 nitrogen and oxygen atoms in total. The first-order chi connectivity index (χ1) is 10.7. The van der Waals surface area contributed by atoms with Crippen LogP contribution in [0.2, 0.25) is 0 Å². The second kappa shape index (κ2) is 5.50. The van der Waals surface area contributed by atoms with Crippen LogP contribution in [0.1, 0.15) is 36.9 Å². The van der Waals surface area contributed by atoms with Gasteiger partial charge in [0.05, 0.1) is 11.8 Å². The summed E-state index contributed by atoms with van der Waals surface area (Å²) in [5, 5.41) is 12.9. The Labute approximate surface area is 129 Å². The lowest BCUT2D eigenvalue weighted by Crippen LogP contribution is -2.44. The number of aliphatic hydroxyl groups is 1. The Bertz CT molecular complexity index is 582. The fourth-order valence-corrected chi connectivity index (χ4v) is 3.34. The van der Waals surface area contributed by atoms with Gasteiger partial charge in [-0.15, -0.1) is 0 Å². The van der Waals surface area contributed by atoms with Crippen LogP contribution in [0.25, 0.3) is 0 Å². The predicted octanol–water partition coefficient (Wildman–Crippen LogP) is 0.749. The van der Waals surface area contributed by atoms with Gasteiger partial charge in [-0.3, -0.25) is 4.79 Å². The molecule has 0 bridgehead atoms. The van der Waals surface area contributed by atoms with Gasteiger partial charge in [0, 0.05) is 37.0 Å². The maximum Gasteiger partial charge on any atom is 0.225 e. The number of aliphatic hydroxyl groups excluding tert-OH is 1. The lowest BCUT2D eigenvalue weighted by molar-refractivity contribution is -0.142. The first-order valence-corrected chi connectivity index (χ1v) is 8.27. The molecule has 0 atom stereocenters. The number of carbonyl (C=O) groups excluding carboxylic acids is 1. The molecule has 118 valence electrons. The Hall–Kier alpha value is -1.69. The zero-order valence-corrected chi connectivity index (χ0v) is 12.7. The van der Waals surface area contributed by atoms with Gasteiger partial charge in [-0.05, 0) is 32.1 Å². The van der Waals surface area contributed by atoms with E-state index in [2.05, 4.69) is 15.3 Å². The molecule has 2 fully saturated rings. The lowest BCUT2D eigenvalue weighted by atomic mass is 9.81. The smallest absolute Gasteiger partial charge is 0.225 e. The highest BCUT2D eigenvalue weighted by Gasteiger charge is 2.36. The molecule has 1 aromatic rings. The van der Waals surface area contributed by atoms with Crippen molar-refractivity contribution in [2.24, 2.45) is 5.92 Å². The van der Waals surface area contributed by atoms with E-state index in [9.17, 15) is 9.90 Å². The molecule has 3 aliphatic rings. The molecule has 22 heavy (non-hydrogen) atoms. The van der Waals surface area contributed by atoms with Crippen LogP contribution in [-0.4, -0.2) is 51.1 Å². The summed E-state index contributed by atoms with van der Waals surface area (Å²) in [7, 11) is 0. The maximum absolute atomic E-state index is 12.5. The van der Waals surface area contributed by atoms with Crippen molar-refractivity contribution < 1.29 is 9.90 Å². The summed E-state index contributed by atoms with van der Waals surface area (Å²) in [6.07, 6.45) is 6.63. The summed E-state index contributed by atoms with van der Waals surface area (Å²) in [6, 6.07) is 0.566. The Kier molecular flexibility index (Phi) is 3.48. The van der Waals surface area contributed by atoms with Crippen molar-refractivity contribution in [3.63, 3.8) is 0 Å². The van der Waals surface area contributed by atoms with Crippen molar-refractivity contribution in [1.29, 1.82) is 0 Å². The molecule has 1 amide bonds. The summed E-state index contributed by atoms with van der Waals surface area (Å²) >= 11 is 0. The summed E-state index contributed by atoms with van der Waals surface area (Å²) < 4.78 is 0. The van der Waals surface area contributed by atoms with E-state index < -0.39 is 0 Å². The number of fused-ring (bicyclic) bond motifs is 1. The Morgan fingerprint density at radius 2 is 2.00 bits per heavy atom. The van der Waals surface area contributed by atoms with Crippen LogP contribution in [0.15, 0.2) is 6.33 Å². The first kappa shape index (κ1) is 13.9. The molecule has 0 radical (unpaired) electrons. The SMILES string of the molecule is O=C(C1CC(O)C1)N1CCc2ncnc(NC3CC3)c2CC1. The average molecular weight is 302 g/mol. The van der Waals surface area contributed by atoms with E-state index in [1.54, 1.807) is 6.33 Å². The molecule has 2 N–H and O–H groups in total. The number of nitrogens with zero attached hydrogens (tertiary/aromatic N) is 3. The predicted molar refractivity (Wildman–Crippen MR) is 81.4 cm³/mol. The monoisotopic (exact) mass is 302 g/mol. The topological polar surface area (TPSA) is 78.3 Å². The first-order valence-electron chi connectivity index (χ1n) is 8.27. The standard InChI is InChI=1S/C16H22N4O2/c21-12-7-10(8-12)16(22)20-5-3-13-14(4-6-20)17-9-18-15(13)19-11-1-2-11/h9-12,21H,1-8H2,(H,17,18,19). The molecule has 6 heteroatoms. The van der Waals surface area contributed by atoms with Gasteiger partial charge < -0.3 is 15.3 Å². The zero-order valence-electron chi connectivity index (χ0n) is 12.7. The largest absolute Gasteiger partial charge is 0.393 e. The average Bonchev–Trinajstić information content (AvgIpc) is 3.30. The number of anilines is 1. The summed E-state index contributed by atoms with van der Waals surface area (Å²) in [5.74, 6) is 1.18. The van der Waals surface area contributed by atoms with Gasteiger partial charge in [0.2, 0.25) is 5.91 Å². The second-order valence-electron chi connectivity index (χ2n) is 6.71. The van der Waals surface area contributed by atoms with Crippen LogP contribution < -0.4 is 5.32 Å². The van der Waals surface area contributed by atoms with Crippen LogP contribution in [0.3, 0.4) is 0 Å². The second-order valence-corrected chi connectivity index (χ2v) is 6.71. The van der Waals surface area contributed by atoms with Gasteiger partial charge in [0.1, 0.15) is 12.1 Å². The van der Waals surface area contributed by atoms with E-state index in [-0.39, 0.29) is 17.9 Å². The van der Waals surface area contributed by atoms with Crippen LogP contribution in [-0.2, 0) is 17.6 Å². The van der Waals surface area contributed by atoms with Crippen LogP contribution >= 0.6 is 0 Å². The summed E-state index contributed by atoms with van der Waals surface area (Å²) in [6.45, 7) is 1.45. The van der Waals surface area contributed by atoms with E-state index in [1.165, 1.54) is 18.4 Å². The molecule has 0 saturated heterocycles. The number of hydrogen-bond acceptors (Lipinski definition) is 5. The number of rotatable bonds is 3. The number of amides is 1. The molecule has 4 rings (SSSR count). The van der Waals surface area contributed by atoms with E-state index in [0.717, 1.165) is 37.4 Å². The number of hydrogen-bond donors (Lipinski definition) is 2. The van der Waals surface area contributed by atoms with Crippen molar-refractivity contribution in [3.8, 4) is 0 Å². The van der Waals surface area contributed by atoms with Crippen LogP contribution in [0.4, 0.5) is 5.82 Å². The molecule has 2 heterocycles. The van der Waals surface area contributed by atoms with E-state index in [4.69, 9.17) is 0 Å². The molecular formula is C16H22N4O2. The summed E-state index contributed by atoms with van der Waals surface area (Å²) in [5.41, 5.74) is 2.25. The van der Waals surface area contributed by atoms with Crippen molar-refractivity contribution in [1.82, 2.24) is 14.9 Å². The number of aromatic nitrogens is 2. The van der Waals surface area contributed by atoms with E-state index in [0.29, 0.717) is 18.9 Å². The molecule has 0 aromatic carbocycles. The molecule has 2 aliphatic carbocycles. The highest BCUT2D eigenvalue weighted by atomic mass is 16.3.